The molecule has 0 radical (unpaired) electrons. The summed E-state index contributed by atoms with van der Waals surface area (Å²) in [6.45, 7) is 8.62. The number of hydrogen-bond donors (Lipinski definition) is 1. The fourth-order valence-electron chi connectivity index (χ4n) is 3.25. The van der Waals surface area contributed by atoms with Gasteiger partial charge in [-0.1, -0.05) is 6.07 Å². The maximum atomic E-state index is 12.9. The van der Waals surface area contributed by atoms with E-state index in [2.05, 4.69) is 5.32 Å². The van der Waals surface area contributed by atoms with Gasteiger partial charge in [0.05, 0.1) is 17.0 Å². The predicted octanol–water partition coefficient (Wildman–Crippen LogP) is 4.10. The van der Waals surface area contributed by atoms with Gasteiger partial charge in [-0.25, -0.2) is 4.79 Å². The maximum Gasteiger partial charge on any atom is 0.341 e. The summed E-state index contributed by atoms with van der Waals surface area (Å²) in [7, 11) is 0. The van der Waals surface area contributed by atoms with Crippen molar-refractivity contribution in [3.8, 4) is 11.5 Å². The Hall–Kier alpha value is -3.33. The van der Waals surface area contributed by atoms with E-state index in [1.54, 1.807) is 43.0 Å². The summed E-state index contributed by atoms with van der Waals surface area (Å²) >= 11 is 1.08. The molecule has 9 heteroatoms. The molecule has 2 amide bonds. The van der Waals surface area contributed by atoms with E-state index in [4.69, 9.17) is 14.2 Å². The van der Waals surface area contributed by atoms with E-state index >= 15 is 0 Å². The maximum absolute atomic E-state index is 12.9. The third-order valence-corrected chi connectivity index (χ3v) is 6.13. The zero-order valence-electron chi connectivity index (χ0n) is 18.5. The Bertz CT molecular complexity index is 1050. The van der Waals surface area contributed by atoms with Gasteiger partial charge < -0.3 is 24.4 Å². The molecule has 170 valence electrons. The van der Waals surface area contributed by atoms with Gasteiger partial charge >= 0.3 is 5.97 Å². The van der Waals surface area contributed by atoms with Crippen LogP contribution in [0.25, 0.3) is 6.08 Å². The van der Waals surface area contributed by atoms with Crippen molar-refractivity contribution in [3.05, 3.63) is 45.8 Å². The molecule has 0 saturated carbocycles. The lowest BCUT2D eigenvalue weighted by Gasteiger charge is -2.18. The number of benzene rings is 1. The van der Waals surface area contributed by atoms with Gasteiger partial charge in [0.1, 0.15) is 5.00 Å². The molecule has 32 heavy (non-hydrogen) atoms. The van der Waals surface area contributed by atoms with Crippen LogP contribution < -0.4 is 14.8 Å². The monoisotopic (exact) mass is 458 g/mol. The normalized spacial score (nSPS) is 12.1. The Morgan fingerprint density at radius 3 is 2.56 bits per heavy atom. The van der Waals surface area contributed by atoms with Gasteiger partial charge in [0.2, 0.25) is 12.7 Å². The van der Waals surface area contributed by atoms with Crippen molar-refractivity contribution < 1.29 is 28.6 Å². The molecular formula is C23H26N2O6S. The van der Waals surface area contributed by atoms with Crippen LogP contribution in [0.15, 0.2) is 24.3 Å². The Morgan fingerprint density at radius 1 is 1.16 bits per heavy atom. The molecule has 0 fully saturated rings. The summed E-state index contributed by atoms with van der Waals surface area (Å²) in [5, 5.41) is 3.02. The highest BCUT2D eigenvalue weighted by molar-refractivity contribution is 7.18. The Kier molecular flexibility index (Phi) is 7.53. The number of ether oxygens (including phenoxy) is 3. The summed E-state index contributed by atoms with van der Waals surface area (Å²) in [5.41, 5.74) is 1.47. The highest BCUT2D eigenvalue weighted by Crippen LogP contribution is 2.35. The van der Waals surface area contributed by atoms with Gasteiger partial charge in [-0.15, -0.1) is 11.3 Å². The Morgan fingerprint density at radius 2 is 1.88 bits per heavy atom. The number of thiophene rings is 1. The average molecular weight is 459 g/mol. The molecule has 1 aromatic carbocycles. The van der Waals surface area contributed by atoms with Crippen LogP contribution in [0.5, 0.6) is 11.5 Å². The number of rotatable bonds is 8. The number of anilines is 1. The van der Waals surface area contributed by atoms with E-state index in [0.717, 1.165) is 16.9 Å². The predicted molar refractivity (Wildman–Crippen MR) is 122 cm³/mol. The number of fused-ring (bicyclic) bond motifs is 1. The third kappa shape index (κ3) is 4.94. The zero-order chi connectivity index (χ0) is 23.3. The van der Waals surface area contributed by atoms with Crippen molar-refractivity contribution in [1.82, 2.24) is 4.90 Å². The van der Waals surface area contributed by atoms with Crippen LogP contribution in [0.3, 0.4) is 0 Å². The van der Waals surface area contributed by atoms with Gasteiger partial charge in [-0.2, -0.15) is 0 Å². The Balaban J connectivity index is 1.85. The first-order valence-corrected chi connectivity index (χ1v) is 11.2. The second-order valence-electron chi connectivity index (χ2n) is 6.89. The molecule has 2 heterocycles. The molecule has 1 aromatic heterocycles. The first kappa shape index (κ1) is 23.3. The molecule has 3 rings (SSSR count). The molecule has 0 unspecified atom stereocenters. The number of esters is 1. The van der Waals surface area contributed by atoms with Crippen LogP contribution in [0.1, 0.15) is 51.9 Å². The number of amides is 2. The van der Waals surface area contributed by atoms with Crippen LogP contribution in [-0.2, 0) is 9.53 Å². The Labute approximate surface area is 190 Å². The minimum atomic E-state index is -0.574. The molecule has 8 nitrogen and oxygen atoms in total. The summed E-state index contributed by atoms with van der Waals surface area (Å²) in [6.07, 6.45) is 2.98. The SMILES string of the molecule is CCOC(=O)c1c(NC(=O)C=Cc2ccc3c(c2)OCO3)sc(C(=O)N(CC)CC)c1C. The van der Waals surface area contributed by atoms with E-state index in [1.807, 2.05) is 13.8 Å². The molecular weight excluding hydrogens is 432 g/mol. The van der Waals surface area contributed by atoms with Crippen molar-refractivity contribution in [2.45, 2.75) is 27.7 Å². The van der Waals surface area contributed by atoms with Gasteiger partial charge in [-0.05, 0) is 57.0 Å². The van der Waals surface area contributed by atoms with Gasteiger partial charge in [0, 0.05) is 19.2 Å². The number of carbonyl (C=O) groups excluding carboxylic acids is 3. The van der Waals surface area contributed by atoms with E-state index in [-0.39, 0.29) is 29.9 Å². The van der Waals surface area contributed by atoms with E-state index in [0.29, 0.717) is 35.0 Å². The summed E-state index contributed by atoms with van der Waals surface area (Å²) in [5.74, 6) is 0.0846. The lowest BCUT2D eigenvalue weighted by atomic mass is 10.1. The molecule has 0 saturated heterocycles. The minimum Gasteiger partial charge on any atom is -0.462 e. The van der Waals surface area contributed by atoms with Crippen molar-refractivity contribution in [2.24, 2.45) is 0 Å². The topological polar surface area (TPSA) is 94.2 Å². The van der Waals surface area contributed by atoms with Gasteiger partial charge in [0.15, 0.2) is 11.5 Å². The van der Waals surface area contributed by atoms with Gasteiger partial charge in [-0.3, -0.25) is 9.59 Å². The highest BCUT2D eigenvalue weighted by Gasteiger charge is 2.28. The number of carbonyl (C=O) groups is 3. The lowest BCUT2D eigenvalue weighted by molar-refractivity contribution is -0.111. The zero-order valence-corrected chi connectivity index (χ0v) is 19.3. The summed E-state index contributed by atoms with van der Waals surface area (Å²) in [4.78, 5) is 40.1. The standard InChI is InChI=1S/C23H26N2O6S/c1-5-25(6-2)22(27)20-14(4)19(23(28)29-7-3)21(32-20)24-18(26)11-9-15-8-10-16-17(12-15)31-13-30-16/h8-12H,5-7,13H2,1-4H3,(H,24,26). The van der Waals surface area contributed by atoms with Crippen LogP contribution in [0.4, 0.5) is 5.00 Å². The number of nitrogens with zero attached hydrogens (tertiary/aromatic N) is 1. The second kappa shape index (κ2) is 10.3. The first-order chi connectivity index (χ1) is 15.4. The fraction of sp³-hybridized carbons (Fsp3) is 0.348. The van der Waals surface area contributed by atoms with Crippen LogP contribution >= 0.6 is 11.3 Å². The van der Waals surface area contributed by atoms with Crippen molar-refractivity contribution in [1.29, 1.82) is 0 Å². The van der Waals surface area contributed by atoms with Crippen molar-refractivity contribution >= 4 is 40.2 Å². The van der Waals surface area contributed by atoms with Crippen LogP contribution in [-0.4, -0.2) is 49.2 Å². The summed E-state index contributed by atoms with van der Waals surface area (Å²) in [6, 6.07) is 5.34. The van der Waals surface area contributed by atoms with Crippen molar-refractivity contribution in [2.75, 3.05) is 31.8 Å². The molecule has 0 bridgehead atoms. The molecule has 1 N–H and O–H groups in total. The quantitative estimate of drug-likeness (QED) is 0.473. The minimum absolute atomic E-state index is 0.173. The molecule has 1 aliphatic rings. The van der Waals surface area contributed by atoms with Crippen LogP contribution in [0, 0.1) is 6.92 Å². The molecule has 1 aliphatic heterocycles. The fourth-order valence-corrected chi connectivity index (χ4v) is 4.42. The van der Waals surface area contributed by atoms with E-state index < -0.39 is 11.9 Å². The van der Waals surface area contributed by atoms with E-state index in [9.17, 15) is 14.4 Å². The largest absolute Gasteiger partial charge is 0.462 e. The van der Waals surface area contributed by atoms with Gasteiger partial charge in [0.25, 0.3) is 5.91 Å². The molecule has 0 spiro atoms. The van der Waals surface area contributed by atoms with Crippen molar-refractivity contribution in [3.63, 3.8) is 0 Å². The smallest absolute Gasteiger partial charge is 0.341 e. The van der Waals surface area contributed by atoms with Crippen LogP contribution in [0.2, 0.25) is 0 Å². The molecule has 2 aromatic rings. The second-order valence-corrected chi connectivity index (χ2v) is 7.91. The highest BCUT2D eigenvalue weighted by atomic mass is 32.1. The number of hydrogen-bond acceptors (Lipinski definition) is 7. The molecule has 0 atom stereocenters. The van der Waals surface area contributed by atoms with E-state index in [1.165, 1.54) is 6.08 Å². The lowest BCUT2D eigenvalue weighted by Crippen LogP contribution is -2.30. The first-order valence-electron chi connectivity index (χ1n) is 10.4. The third-order valence-electron chi connectivity index (χ3n) is 4.93. The summed E-state index contributed by atoms with van der Waals surface area (Å²) < 4.78 is 15.8. The number of nitrogens with one attached hydrogen (secondary N) is 1. The molecule has 0 aliphatic carbocycles. The average Bonchev–Trinajstić information content (AvgIpc) is 3.37.